The van der Waals surface area contributed by atoms with Gasteiger partial charge in [-0.05, 0) is 53.4 Å². The van der Waals surface area contributed by atoms with Gasteiger partial charge in [0.25, 0.3) is 0 Å². The zero-order valence-electron chi connectivity index (χ0n) is 13.3. The third-order valence-electron chi connectivity index (χ3n) is 2.90. The molecule has 2 N–H and O–H groups in total. The fourth-order valence-corrected chi connectivity index (χ4v) is 1.95. The highest BCUT2D eigenvalue weighted by Crippen LogP contribution is 2.41. The fourth-order valence-electron chi connectivity index (χ4n) is 1.64. The molecule has 0 aliphatic rings. The Morgan fingerprint density at radius 1 is 1.00 bits per heavy atom. The lowest BCUT2D eigenvalue weighted by Gasteiger charge is -2.05. The molecule has 1 atom stereocenters. The predicted molar refractivity (Wildman–Crippen MR) is 84.9 cm³/mol. The van der Waals surface area contributed by atoms with E-state index in [1.165, 1.54) is 11.1 Å². The first-order chi connectivity index (χ1) is 9.76. The second-order valence-electron chi connectivity index (χ2n) is 5.31. The van der Waals surface area contributed by atoms with Crippen LogP contribution in [0, 0.1) is 0 Å². The van der Waals surface area contributed by atoms with Crippen LogP contribution in [-0.2, 0) is 13.8 Å². The highest BCUT2D eigenvalue weighted by molar-refractivity contribution is 7.47. The van der Waals surface area contributed by atoms with Crippen molar-refractivity contribution in [3.8, 4) is 0 Å². The van der Waals surface area contributed by atoms with Crippen LogP contribution in [0.1, 0.15) is 53.4 Å². The Morgan fingerprint density at radius 3 is 2.05 bits per heavy atom. The molecule has 0 aromatic carbocycles. The van der Waals surface area contributed by atoms with Crippen molar-refractivity contribution in [3.05, 3.63) is 34.9 Å². The maximum Gasteiger partial charge on any atom is 0.499 e. The van der Waals surface area contributed by atoms with Gasteiger partial charge >= 0.3 is 7.82 Å². The number of phosphoric ester groups is 1. The summed E-state index contributed by atoms with van der Waals surface area (Å²) in [5.74, 6) is 0. The van der Waals surface area contributed by atoms with Crippen LogP contribution in [0.15, 0.2) is 34.9 Å². The lowest BCUT2D eigenvalue weighted by atomic mass is 10.1. The van der Waals surface area contributed by atoms with Crippen molar-refractivity contribution in [2.75, 3.05) is 6.61 Å². The Labute approximate surface area is 127 Å². The van der Waals surface area contributed by atoms with E-state index in [4.69, 9.17) is 10.2 Å². The molecule has 0 saturated carbocycles. The van der Waals surface area contributed by atoms with Gasteiger partial charge in [0, 0.05) is 0 Å². The Kier molecular flexibility index (Phi) is 10.6. The smallest absolute Gasteiger partial charge is 0.301 e. The molecule has 0 fully saturated rings. The molecule has 122 valence electrons. The topological polar surface area (TPSA) is 76.0 Å². The summed E-state index contributed by atoms with van der Waals surface area (Å²) in [6.45, 7) is 8.19. The van der Waals surface area contributed by atoms with Crippen molar-refractivity contribution >= 4 is 7.82 Å². The SMILES string of the molecule is CC(C)=CCCC(C)=CCCC(C)=CCOP(=O)(O)OO. The minimum absolute atomic E-state index is 0.0660. The van der Waals surface area contributed by atoms with E-state index in [2.05, 4.69) is 42.1 Å². The summed E-state index contributed by atoms with van der Waals surface area (Å²) in [4.78, 5) is 8.82. The van der Waals surface area contributed by atoms with E-state index in [1.807, 2.05) is 6.92 Å². The molecule has 0 saturated heterocycles. The molecule has 0 aromatic rings. The van der Waals surface area contributed by atoms with E-state index in [9.17, 15) is 4.57 Å². The lowest BCUT2D eigenvalue weighted by Crippen LogP contribution is -1.92. The molecular weight excluding hydrogens is 291 g/mol. The Hall–Kier alpha value is -0.710. The van der Waals surface area contributed by atoms with Crippen LogP contribution in [0.2, 0.25) is 0 Å². The summed E-state index contributed by atoms with van der Waals surface area (Å²) < 4.78 is 18.7. The third kappa shape index (κ3) is 12.7. The van der Waals surface area contributed by atoms with Gasteiger partial charge in [-0.25, -0.2) is 9.82 Å². The average molecular weight is 318 g/mol. The van der Waals surface area contributed by atoms with Gasteiger partial charge in [-0.15, -0.1) is 4.67 Å². The van der Waals surface area contributed by atoms with Gasteiger partial charge in [-0.2, -0.15) is 0 Å². The van der Waals surface area contributed by atoms with Crippen LogP contribution >= 0.6 is 7.82 Å². The number of hydrogen-bond donors (Lipinski definition) is 2. The van der Waals surface area contributed by atoms with E-state index in [-0.39, 0.29) is 6.61 Å². The summed E-state index contributed by atoms with van der Waals surface area (Å²) in [5.41, 5.74) is 3.76. The molecule has 0 bridgehead atoms. The molecule has 21 heavy (non-hydrogen) atoms. The molecule has 0 rings (SSSR count). The van der Waals surface area contributed by atoms with Gasteiger partial charge < -0.3 is 4.89 Å². The second-order valence-corrected chi connectivity index (χ2v) is 6.66. The van der Waals surface area contributed by atoms with Crippen LogP contribution < -0.4 is 0 Å². The normalized spacial score (nSPS) is 15.7. The Morgan fingerprint density at radius 2 is 1.52 bits per heavy atom. The van der Waals surface area contributed by atoms with Gasteiger partial charge in [0.1, 0.15) is 0 Å². The van der Waals surface area contributed by atoms with Crippen molar-refractivity contribution in [1.29, 1.82) is 0 Å². The molecule has 0 spiro atoms. The first-order valence-electron chi connectivity index (χ1n) is 7.02. The number of hydrogen-bond acceptors (Lipinski definition) is 4. The highest BCUT2D eigenvalue weighted by atomic mass is 31.2. The van der Waals surface area contributed by atoms with Crippen molar-refractivity contribution in [2.24, 2.45) is 0 Å². The number of rotatable bonds is 10. The molecule has 0 amide bonds. The minimum Gasteiger partial charge on any atom is -0.301 e. The maximum atomic E-state index is 10.8. The van der Waals surface area contributed by atoms with E-state index in [0.29, 0.717) is 0 Å². The van der Waals surface area contributed by atoms with E-state index >= 15 is 0 Å². The number of phosphoric acid groups is 1. The van der Waals surface area contributed by atoms with Crippen LogP contribution in [0.3, 0.4) is 0 Å². The zero-order chi connectivity index (χ0) is 16.3. The zero-order valence-corrected chi connectivity index (χ0v) is 14.2. The minimum atomic E-state index is -4.30. The summed E-state index contributed by atoms with van der Waals surface area (Å²) in [7, 11) is -4.30. The molecule has 0 aliphatic heterocycles. The molecule has 5 nitrogen and oxygen atoms in total. The summed E-state index contributed by atoms with van der Waals surface area (Å²) in [6, 6.07) is 0. The standard InChI is InChI=1S/C15H27O5P/c1-13(2)7-5-8-14(3)9-6-10-15(4)11-12-19-21(17,18)20-16/h7,9,11,16H,5-6,8,10,12H2,1-4H3,(H,17,18). The quantitative estimate of drug-likeness (QED) is 0.256. The summed E-state index contributed by atoms with van der Waals surface area (Å²) >= 11 is 0. The van der Waals surface area contributed by atoms with E-state index < -0.39 is 7.82 Å². The lowest BCUT2D eigenvalue weighted by molar-refractivity contribution is -0.161. The van der Waals surface area contributed by atoms with E-state index in [1.54, 1.807) is 6.08 Å². The van der Waals surface area contributed by atoms with Gasteiger partial charge in [-0.3, -0.25) is 4.52 Å². The molecule has 0 radical (unpaired) electrons. The molecule has 1 unspecified atom stereocenters. The second kappa shape index (κ2) is 10.9. The molecule has 6 heteroatoms. The summed E-state index contributed by atoms with van der Waals surface area (Å²) in [5, 5.41) is 8.10. The predicted octanol–water partition coefficient (Wildman–Crippen LogP) is 5.01. The molecule has 0 heterocycles. The Bertz CT molecular complexity index is 433. The molecule has 0 aromatic heterocycles. The van der Waals surface area contributed by atoms with Crippen molar-refractivity contribution < 1.29 is 23.9 Å². The van der Waals surface area contributed by atoms with Crippen molar-refractivity contribution in [1.82, 2.24) is 0 Å². The molecule has 0 aliphatic carbocycles. The third-order valence-corrected chi connectivity index (χ3v) is 3.58. The molecular formula is C15H27O5P. The van der Waals surface area contributed by atoms with E-state index in [0.717, 1.165) is 31.3 Å². The average Bonchev–Trinajstić information content (AvgIpc) is 2.38. The van der Waals surface area contributed by atoms with Crippen LogP contribution in [-0.4, -0.2) is 16.8 Å². The van der Waals surface area contributed by atoms with Gasteiger partial charge in [0.05, 0.1) is 6.61 Å². The van der Waals surface area contributed by atoms with Gasteiger partial charge in [-0.1, -0.05) is 34.9 Å². The van der Waals surface area contributed by atoms with Crippen molar-refractivity contribution in [2.45, 2.75) is 53.4 Å². The number of allylic oxidation sites excluding steroid dienone is 5. The van der Waals surface area contributed by atoms with Crippen LogP contribution in [0.25, 0.3) is 0 Å². The Balaban J connectivity index is 3.99. The summed E-state index contributed by atoms with van der Waals surface area (Å²) in [6.07, 6.45) is 10.1. The van der Waals surface area contributed by atoms with Gasteiger partial charge in [0.2, 0.25) is 0 Å². The largest absolute Gasteiger partial charge is 0.499 e. The monoisotopic (exact) mass is 318 g/mol. The first kappa shape index (κ1) is 20.3. The van der Waals surface area contributed by atoms with Gasteiger partial charge in [0.15, 0.2) is 0 Å². The van der Waals surface area contributed by atoms with Crippen LogP contribution in [0.5, 0.6) is 0 Å². The highest BCUT2D eigenvalue weighted by Gasteiger charge is 2.19. The van der Waals surface area contributed by atoms with Crippen molar-refractivity contribution in [3.63, 3.8) is 0 Å². The van der Waals surface area contributed by atoms with Crippen LogP contribution in [0.4, 0.5) is 0 Å². The fraction of sp³-hybridized carbons (Fsp3) is 0.600. The first-order valence-corrected chi connectivity index (χ1v) is 8.51. The maximum absolute atomic E-state index is 10.8.